The van der Waals surface area contributed by atoms with Crippen LogP contribution in [0.3, 0.4) is 0 Å². The normalized spacial score (nSPS) is 23.6. The summed E-state index contributed by atoms with van der Waals surface area (Å²) in [5.41, 5.74) is 1.28. The topological polar surface area (TPSA) is 88.5 Å². The zero-order valence-corrected chi connectivity index (χ0v) is 15.5. The molecule has 2 N–H and O–H groups in total. The van der Waals surface area contributed by atoms with Gasteiger partial charge in [-0.3, -0.25) is 4.98 Å². The van der Waals surface area contributed by atoms with Gasteiger partial charge in [-0.25, -0.2) is 9.18 Å². The van der Waals surface area contributed by atoms with Crippen LogP contribution in [0.25, 0.3) is 0 Å². The second-order valence-electron chi connectivity index (χ2n) is 7.93. The molecule has 138 valence electrons. The van der Waals surface area contributed by atoms with Crippen LogP contribution in [0.15, 0.2) is 12.3 Å². The number of carbonyl (C=O) groups is 1. The van der Waals surface area contributed by atoms with Gasteiger partial charge in [-0.15, -0.1) is 4.72 Å². The number of amides is 1. The fourth-order valence-corrected chi connectivity index (χ4v) is 4.67. The van der Waals surface area contributed by atoms with Crippen molar-refractivity contribution in [2.24, 2.45) is 5.41 Å². The van der Waals surface area contributed by atoms with E-state index in [4.69, 9.17) is 0 Å². The summed E-state index contributed by atoms with van der Waals surface area (Å²) < 4.78 is 29.2. The fraction of sp³-hybridized carbons (Fsp3) is 0.647. The molecule has 1 aliphatic heterocycles. The van der Waals surface area contributed by atoms with Crippen molar-refractivity contribution < 1.29 is 18.8 Å². The molecule has 1 aromatic heterocycles. The van der Waals surface area contributed by atoms with Gasteiger partial charge in [0.1, 0.15) is 10.6 Å². The molecular weight excluding hydrogens is 345 g/mol. The molecule has 0 saturated carbocycles. The number of fused-ring (bicyclic) bond motifs is 1. The van der Waals surface area contributed by atoms with Crippen LogP contribution in [-0.4, -0.2) is 43.5 Å². The Morgan fingerprint density at radius 2 is 2.12 bits per heavy atom. The van der Waals surface area contributed by atoms with E-state index in [-0.39, 0.29) is 11.5 Å². The van der Waals surface area contributed by atoms with Gasteiger partial charge in [-0.1, -0.05) is 0 Å². The SMILES string of the molecule is CC(C)(C)[S+]([O-])NC1c2cc(F)cnc2CC12CCN(C(=O)O)CC2. The van der Waals surface area contributed by atoms with Crippen LogP contribution in [0, 0.1) is 11.2 Å². The lowest BCUT2D eigenvalue weighted by atomic mass is 9.73. The minimum atomic E-state index is -1.32. The molecule has 1 aromatic rings. The quantitative estimate of drug-likeness (QED) is 0.783. The van der Waals surface area contributed by atoms with E-state index in [0.29, 0.717) is 32.4 Å². The third-order valence-corrected chi connectivity index (χ3v) is 6.79. The molecule has 1 saturated heterocycles. The number of hydrogen-bond acceptors (Lipinski definition) is 4. The minimum absolute atomic E-state index is 0.282. The monoisotopic (exact) mass is 369 g/mol. The minimum Gasteiger partial charge on any atom is -0.598 e. The fourth-order valence-electron chi connectivity index (χ4n) is 3.73. The van der Waals surface area contributed by atoms with Crippen molar-refractivity contribution in [3.63, 3.8) is 0 Å². The van der Waals surface area contributed by atoms with Crippen molar-refractivity contribution in [1.82, 2.24) is 14.6 Å². The summed E-state index contributed by atoms with van der Waals surface area (Å²) in [7, 11) is 0. The summed E-state index contributed by atoms with van der Waals surface area (Å²) in [4.78, 5) is 16.9. The van der Waals surface area contributed by atoms with Crippen LogP contribution in [-0.2, 0) is 17.8 Å². The number of carboxylic acid groups (broad SMARTS) is 1. The first kappa shape index (κ1) is 18.4. The van der Waals surface area contributed by atoms with E-state index in [0.717, 1.165) is 11.3 Å². The van der Waals surface area contributed by atoms with E-state index < -0.39 is 28.0 Å². The number of nitrogens with zero attached hydrogens (tertiary/aromatic N) is 2. The maximum absolute atomic E-state index is 13.8. The smallest absolute Gasteiger partial charge is 0.407 e. The van der Waals surface area contributed by atoms with Crippen molar-refractivity contribution in [2.75, 3.05) is 13.1 Å². The van der Waals surface area contributed by atoms with Gasteiger partial charge in [-0.05, 0) is 51.7 Å². The van der Waals surface area contributed by atoms with Gasteiger partial charge in [-0.2, -0.15) is 0 Å². The van der Waals surface area contributed by atoms with Crippen LogP contribution in [0.1, 0.15) is 50.9 Å². The molecule has 6 nitrogen and oxygen atoms in total. The second-order valence-corrected chi connectivity index (χ2v) is 9.93. The maximum atomic E-state index is 13.8. The van der Waals surface area contributed by atoms with Gasteiger partial charge >= 0.3 is 6.09 Å². The zero-order chi connectivity index (χ0) is 18.4. The molecule has 0 radical (unpaired) electrons. The summed E-state index contributed by atoms with van der Waals surface area (Å²) >= 11 is -1.32. The predicted molar refractivity (Wildman–Crippen MR) is 92.9 cm³/mol. The molecule has 1 aliphatic carbocycles. The van der Waals surface area contributed by atoms with Crippen LogP contribution >= 0.6 is 0 Å². The Balaban J connectivity index is 1.91. The molecule has 25 heavy (non-hydrogen) atoms. The third kappa shape index (κ3) is 3.47. The van der Waals surface area contributed by atoms with E-state index in [1.165, 1.54) is 17.2 Å². The van der Waals surface area contributed by atoms with Crippen molar-refractivity contribution in [3.05, 3.63) is 29.3 Å². The molecule has 0 aromatic carbocycles. The molecule has 1 amide bonds. The highest BCUT2D eigenvalue weighted by Crippen LogP contribution is 2.52. The van der Waals surface area contributed by atoms with Gasteiger partial charge < -0.3 is 14.6 Å². The van der Waals surface area contributed by atoms with E-state index in [1.54, 1.807) is 0 Å². The van der Waals surface area contributed by atoms with Gasteiger partial charge in [0, 0.05) is 35.6 Å². The molecule has 1 fully saturated rings. The Kier molecular flexibility index (Phi) is 4.72. The molecule has 2 aliphatic rings. The third-order valence-electron chi connectivity index (χ3n) is 5.22. The van der Waals surface area contributed by atoms with E-state index in [2.05, 4.69) is 9.71 Å². The first-order valence-electron chi connectivity index (χ1n) is 8.43. The zero-order valence-electron chi connectivity index (χ0n) is 14.7. The highest BCUT2D eigenvalue weighted by Gasteiger charge is 2.51. The molecule has 2 heterocycles. The highest BCUT2D eigenvalue weighted by atomic mass is 32.2. The molecule has 2 atom stereocenters. The first-order chi connectivity index (χ1) is 11.6. The number of hydrogen-bond donors (Lipinski definition) is 2. The summed E-state index contributed by atoms with van der Waals surface area (Å²) in [6.07, 6.45) is 2.21. The molecule has 0 bridgehead atoms. The van der Waals surface area contributed by atoms with Crippen LogP contribution in [0.5, 0.6) is 0 Å². The van der Waals surface area contributed by atoms with Gasteiger partial charge in [0.25, 0.3) is 0 Å². The predicted octanol–water partition coefficient (Wildman–Crippen LogP) is 2.63. The number of nitrogens with one attached hydrogen (secondary N) is 1. The largest absolute Gasteiger partial charge is 0.598 e. The Hall–Kier alpha value is -1.38. The number of piperidine rings is 1. The maximum Gasteiger partial charge on any atom is 0.407 e. The first-order valence-corrected chi connectivity index (χ1v) is 9.58. The van der Waals surface area contributed by atoms with Crippen LogP contribution in [0.2, 0.25) is 0 Å². The summed E-state index contributed by atoms with van der Waals surface area (Å²) in [5.74, 6) is -0.410. The van der Waals surface area contributed by atoms with Gasteiger partial charge in [0.05, 0.1) is 12.2 Å². The van der Waals surface area contributed by atoms with Crippen molar-refractivity contribution >= 4 is 17.5 Å². The van der Waals surface area contributed by atoms with E-state index in [1.807, 2.05) is 20.8 Å². The molecular formula is C17H24FN3O3S. The molecule has 1 spiro atoms. The lowest BCUT2D eigenvalue weighted by Crippen LogP contribution is -2.50. The Morgan fingerprint density at radius 3 is 2.68 bits per heavy atom. The standard InChI is InChI=1S/C17H24FN3O3S/c1-16(2,3)25(24)20-14-12-8-11(18)10-19-13(12)9-17(14)4-6-21(7-5-17)15(22)23/h8,10,14,20H,4-7,9H2,1-3H3,(H,22,23). The second kappa shape index (κ2) is 6.41. The number of likely N-dealkylation sites (tertiary alicyclic amines) is 1. The van der Waals surface area contributed by atoms with Crippen molar-refractivity contribution in [3.8, 4) is 0 Å². The Bertz CT molecular complexity index is 672. The Morgan fingerprint density at radius 1 is 1.48 bits per heavy atom. The average molecular weight is 369 g/mol. The van der Waals surface area contributed by atoms with Crippen molar-refractivity contribution in [1.29, 1.82) is 0 Å². The highest BCUT2D eigenvalue weighted by molar-refractivity contribution is 7.90. The van der Waals surface area contributed by atoms with E-state index >= 15 is 0 Å². The van der Waals surface area contributed by atoms with E-state index in [9.17, 15) is 18.8 Å². The van der Waals surface area contributed by atoms with Gasteiger partial charge in [0.15, 0.2) is 0 Å². The number of pyridine rings is 1. The number of aromatic nitrogens is 1. The summed E-state index contributed by atoms with van der Waals surface area (Å²) in [6.45, 7) is 6.50. The summed E-state index contributed by atoms with van der Waals surface area (Å²) in [5, 5.41) is 9.20. The van der Waals surface area contributed by atoms with Gasteiger partial charge in [0.2, 0.25) is 0 Å². The lowest BCUT2D eigenvalue weighted by Gasteiger charge is -2.42. The molecule has 8 heteroatoms. The average Bonchev–Trinajstić information content (AvgIpc) is 2.80. The molecule has 3 rings (SSSR count). The lowest BCUT2D eigenvalue weighted by molar-refractivity contribution is 0.0762. The Labute approximate surface area is 150 Å². The van der Waals surface area contributed by atoms with Crippen LogP contribution < -0.4 is 4.72 Å². The van der Waals surface area contributed by atoms with Crippen molar-refractivity contribution in [2.45, 2.75) is 50.8 Å². The number of rotatable bonds is 2. The molecule has 2 unspecified atom stereocenters. The van der Waals surface area contributed by atoms with Crippen LogP contribution in [0.4, 0.5) is 9.18 Å². The number of halogens is 1. The summed E-state index contributed by atoms with van der Waals surface area (Å²) in [6, 6.07) is 1.18.